The molecule has 3 rings (SSSR count). The summed E-state index contributed by atoms with van der Waals surface area (Å²) in [6.45, 7) is 2.67. The molecule has 0 atom stereocenters. The van der Waals surface area contributed by atoms with Crippen LogP contribution in [0.3, 0.4) is 0 Å². The molecule has 3 aromatic rings. The maximum atomic E-state index is 4.55. The molecule has 2 heterocycles. The molecule has 0 spiro atoms. The first-order chi connectivity index (χ1) is 8.33. The van der Waals surface area contributed by atoms with Gasteiger partial charge in [-0.2, -0.15) is 0 Å². The first kappa shape index (κ1) is 9.96. The third-order valence-electron chi connectivity index (χ3n) is 2.72. The number of para-hydroxylation sites is 1. The number of rotatable bonds is 2. The largest absolute Gasteiger partial charge is 0.330 e. The number of hydrogen-bond donors (Lipinski definition) is 0. The van der Waals surface area contributed by atoms with Crippen molar-refractivity contribution < 1.29 is 0 Å². The lowest BCUT2D eigenvalue weighted by molar-refractivity contribution is 0.744. The van der Waals surface area contributed by atoms with Gasteiger partial charge < -0.3 is 4.57 Å². The lowest BCUT2D eigenvalue weighted by Gasteiger charge is -2.05. The van der Waals surface area contributed by atoms with Gasteiger partial charge in [-0.1, -0.05) is 18.2 Å². The van der Waals surface area contributed by atoms with Gasteiger partial charge in [-0.3, -0.25) is 0 Å². The minimum absolute atomic E-state index is 0.658. The van der Waals surface area contributed by atoms with Gasteiger partial charge in [-0.15, -0.1) is 0 Å². The van der Waals surface area contributed by atoms with Crippen LogP contribution in [-0.4, -0.2) is 19.5 Å². The molecular formula is C13H12N4. The van der Waals surface area contributed by atoms with Gasteiger partial charge in [0.15, 0.2) is 0 Å². The molecule has 0 bridgehead atoms. The monoisotopic (exact) mass is 224 g/mol. The number of hydrogen-bond acceptors (Lipinski definition) is 3. The summed E-state index contributed by atoms with van der Waals surface area (Å²) in [5.41, 5.74) is 2.01. The van der Waals surface area contributed by atoms with Gasteiger partial charge in [0.25, 0.3) is 0 Å². The van der Waals surface area contributed by atoms with E-state index in [1.165, 1.54) is 0 Å². The molecule has 0 aliphatic carbocycles. The Morgan fingerprint density at radius 3 is 2.88 bits per heavy atom. The van der Waals surface area contributed by atoms with E-state index < -0.39 is 0 Å². The predicted molar refractivity (Wildman–Crippen MR) is 65.6 cm³/mol. The van der Waals surface area contributed by atoms with Crippen LogP contribution in [0.4, 0.5) is 0 Å². The van der Waals surface area contributed by atoms with Gasteiger partial charge in [0, 0.05) is 23.5 Å². The zero-order valence-corrected chi connectivity index (χ0v) is 9.54. The zero-order chi connectivity index (χ0) is 11.7. The van der Waals surface area contributed by atoms with Crippen LogP contribution < -0.4 is 0 Å². The van der Waals surface area contributed by atoms with Crippen molar-refractivity contribution in [2.75, 3.05) is 0 Å². The van der Waals surface area contributed by atoms with Crippen molar-refractivity contribution in [3.05, 3.63) is 54.5 Å². The van der Waals surface area contributed by atoms with E-state index in [9.17, 15) is 0 Å². The summed E-state index contributed by atoms with van der Waals surface area (Å²) < 4.78 is 1.96. The average molecular weight is 224 g/mol. The summed E-state index contributed by atoms with van der Waals surface area (Å²) in [7, 11) is 0. The van der Waals surface area contributed by atoms with E-state index in [-0.39, 0.29) is 0 Å². The molecule has 0 unspecified atom stereocenters. The summed E-state index contributed by atoms with van der Waals surface area (Å²) in [6, 6.07) is 8.07. The first-order valence-electron chi connectivity index (χ1n) is 5.51. The number of benzene rings is 1. The molecule has 17 heavy (non-hydrogen) atoms. The Labute approximate surface area is 99.0 Å². The van der Waals surface area contributed by atoms with Gasteiger partial charge in [0.05, 0.1) is 18.4 Å². The van der Waals surface area contributed by atoms with Crippen molar-refractivity contribution in [3.8, 4) is 0 Å². The molecule has 0 N–H and O–H groups in total. The average Bonchev–Trinajstić information content (AvgIpc) is 2.82. The van der Waals surface area contributed by atoms with Crippen molar-refractivity contribution >= 4 is 10.9 Å². The minimum atomic E-state index is 0.658. The quantitative estimate of drug-likeness (QED) is 0.670. The fourth-order valence-corrected chi connectivity index (χ4v) is 1.91. The van der Waals surface area contributed by atoms with Crippen LogP contribution in [0.2, 0.25) is 0 Å². The molecular weight excluding hydrogens is 212 g/mol. The van der Waals surface area contributed by atoms with Gasteiger partial charge >= 0.3 is 0 Å². The summed E-state index contributed by atoms with van der Waals surface area (Å²) in [6.07, 6.45) is 5.44. The summed E-state index contributed by atoms with van der Waals surface area (Å²) in [5, 5.41) is 1.11. The number of aromatic nitrogens is 4. The highest BCUT2D eigenvalue weighted by Gasteiger charge is 2.04. The van der Waals surface area contributed by atoms with Crippen molar-refractivity contribution in [1.29, 1.82) is 0 Å². The third kappa shape index (κ3) is 1.89. The van der Waals surface area contributed by atoms with Crippen molar-refractivity contribution in [3.63, 3.8) is 0 Å². The second-order valence-electron chi connectivity index (χ2n) is 3.98. The highest BCUT2D eigenvalue weighted by Crippen LogP contribution is 2.14. The fourth-order valence-electron chi connectivity index (χ4n) is 1.91. The second-order valence-corrected chi connectivity index (χ2v) is 3.98. The van der Waals surface area contributed by atoms with Crippen molar-refractivity contribution in [1.82, 2.24) is 19.5 Å². The van der Waals surface area contributed by atoms with Gasteiger partial charge in [0.2, 0.25) is 0 Å². The SMILES string of the molecule is Cc1nc(Cn2ccnc2)nc2ccccc12. The molecule has 0 amide bonds. The molecule has 4 heteroatoms. The topological polar surface area (TPSA) is 43.6 Å². The van der Waals surface area contributed by atoms with Gasteiger partial charge in [0.1, 0.15) is 5.82 Å². The van der Waals surface area contributed by atoms with Crippen LogP contribution in [0, 0.1) is 6.92 Å². The molecule has 0 aliphatic heterocycles. The predicted octanol–water partition coefficient (Wildman–Crippen LogP) is 2.18. The molecule has 4 nitrogen and oxygen atoms in total. The number of imidazole rings is 1. The van der Waals surface area contributed by atoms with Gasteiger partial charge in [-0.25, -0.2) is 15.0 Å². The van der Waals surface area contributed by atoms with E-state index in [4.69, 9.17) is 0 Å². The lowest BCUT2D eigenvalue weighted by Crippen LogP contribution is -2.04. The molecule has 84 valence electrons. The van der Waals surface area contributed by atoms with E-state index in [2.05, 4.69) is 15.0 Å². The molecule has 0 saturated heterocycles. The Balaban J connectivity index is 2.06. The van der Waals surface area contributed by atoms with E-state index in [0.717, 1.165) is 22.4 Å². The van der Waals surface area contributed by atoms with Crippen LogP contribution in [0.5, 0.6) is 0 Å². The third-order valence-corrected chi connectivity index (χ3v) is 2.72. The Morgan fingerprint density at radius 2 is 2.06 bits per heavy atom. The second kappa shape index (κ2) is 3.97. The first-order valence-corrected chi connectivity index (χ1v) is 5.51. The molecule has 2 aromatic heterocycles. The summed E-state index contributed by atoms with van der Waals surface area (Å²) in [4.78, 5) is 13.1. The van der Waals surface area contributed by atoms with E-state index in [1.54, 1.807) is 12.5 Å². The lowest BCUT2D eigenvalue weighted by atomic mass is 10.2. The Bertz CT molecular complexity index is 644. The molecule has 1 aromatic carbocycles. The summed E-state index contributed by atoms with van der Waals surface area (Å²) in [5.74, 6) is 0.819. The molecule has 0 saturated carbocycles. The minimum Gasteiger partial charge on any atom is -0.330 e. The summed E-state index contributed by atoms with van der Waals surface area (Å²) >= 11 is 0. The van der Waals surface area contributed by atoms with E-state index in [1.807, 2.05) is 42.0 Å². The van der Waals surface area contributed by atoms with Crippen LogP contribution >= 0.6 is 0 Å². The Morgan fingerprint density at radius 1 is 1.18 bits per heavy atom. The molecule has 0 fully saturated rings. The highest BCUT2D eigenvalue weighted by atomic mass is 15.1. The Kier molecular flexibility index (Phi) is 2.33. The van der Waals surface area contributed by atoms with Crippen LogP contribution in [0.15, 0.2) is 43.0 Å². The smallest absolute Gasteiger partial charge is 0.148 e. The van der Waals surface area contributed by atoms with E-state index in [0.29, 0.717) is 6.54 Å². The normalized spacial score (nSPS) is 10.9. The fraction of sp³-hybridized carbons (Fsp3) is 0.154. The van der Waals surface area contributed by atoms with Crippen LogP contribution in [0.1, 0.15) is 11.5 Å². The standard InChI is InChI=1S/C13H12N4/c1-10-11-4-2-3-5-12(11)16-13(15-10)8-17-7-6-14-9-17/h2-7,9H,8H2,1H3. The van der Waals surface area contributed by atoms with Crippen LogP contribution in [-0.2, 0) is 6.54 Å². The maximum Gasteiger partial charge on any atom is 0.148 e. The van der Waals surface area contributed by atoms with Crippen molar-refractivity contribution in [2.24, 2.45) is 0 Å². The maximum absolute atomic E-state index is 4.55. The number of aryl methyl sites for hydroxylation is 1. The number of fused-ring (bicyclic) bond motifs is 1. The Hall–Kier alpha value is -2.23. The van der Waals surface area contributed by atoms with Crippen molar-refractivity contribution in [2.45, 2.75) is 13.5 Å². The number of nitrogens with zero attached hydrogens (tertiary/aromatic N) is 4. The van der Waals surface area contributed by atoms with Crippen LogP contribution in [0.25, 0.3) is 10.9 Å². The van der Waals surface area contributed by atoms with E-state index >= 15 is 0 Å². The van der Waals surface area contributed by atoms with Gasteiger partial charge in [-0.05, 0) is 13.0 Å². The molecule has 0 radical (unpaired) electrons. The zero-order valence-electron chi connectivity index (χ0n) is 9.54. The highest BCUT2D eigenvalue weighted by molar-refractivity contribution is 5.80. The molecule has 0 aliphatic rings.